The Labute approximate surface area is 193 Å². The van der Waals surface area contributed by atoms with Gasteiger partial charge in [0.1, 0.15) is 5.39 Å². The molecule has 0 amide bonds. The topological polar surface area (TPSA) is 93.4 Å². The number of nitrogens with zero attached hydrogens (tertiary/aromatic N) is 5. The number of H-pyrrole nitrogens is 1. The zero-order chi connectivity index (χ0) is 22.9. The summed E-state index contributed by atoms with van der Waals surface area (Å²) in [5.74, 6) is 1.51. The molecule has 0 aliphatic heterocycles. The predicted octanol–water partition coefficient (Wildman–Crippen LogP) is 5.06. The van der Waals surface area contributed by atoms with E-state index in [9.17, 15) is 4.79 Å². The highest BCUT2D eigenvalue weighted by molar-refractivity contribution is 5.91. The second-order valence-corrected chi connectivity index (χ2v) is 9.51. The molecule has 33 heavy (non-hydrogen) atoms. The molecule has 1 aliphatic rings. The van der Waals surface area contributed by atoms with Crippen LogP contribution in [0.15, 0.2) is 53.7 Å². The first-order valence-electron chi connectivity index (χ1n) is 11.9. The summed E-state index contributed by atoms with van der Waals surface area (Å²) in [4.78, 5) is 15.6. The van der Waals surface area contributed by atoms with E-state index in [0.717, 1.165) is 23.2 Å². The van der Waals surface area contributed by atoms with Crippen molar-refractivity contribution in [1.82, 2.24) is 29.8 Å². The molecule has 1 fully saturated rings. The Morgan fingerprint density at radius 1 is 1.12 bits per heavy atom. The highest BCUT2D eigenvalue weighted by Gasteiger charge is 2.27. The van der Waals surface area contributed by atoms with Gasteiger partial charge in [0.25, 0.3) is 5.56 Å². The Kier molecular flexibility index (Phi) is 5.74. The third-order valence-corrected chi connectivity index (χ3v) is 6.88. The molecule has 0 saturated heterocycles. The van der Waals surface area contributed by atoms with E-state index in [1.807, 2.05) is 29.1 Å². The number of hydrogen-bond acceptors (Lipinski definition) is 5. The fourth-order valence-corrected chi connectivity index (χ4v) is 5.21. The molecule has 0 bridgehead atoms. The van der Waals surface area contributed by atoms with Crippen molar-refractivity contribution in [2.45, 2.75) is 58.5 Å². The van der Waals surface area contributed by atoms with Gasteiger partial charge in [0.15, 0.2) is 5.82 Å². The molecule has 1 saturated carbocycles. The van der Waals surface area contributed by atoms with Gasteiger partial charge in [-0.25, -0.2) is 4.68 Å². The van der Waals surface area contributed by atoms with Crippen molar-refractivity contribution in [3.05, 3.63) is 64.8 Å². The van der Waals surface area contributed by atoms with E-state index in [4.69, 9.17) is 5.10 Å². The maximum absolute atomic E-state index is 12.8. The van der Waals surface area contributed by atoms with Crippen LogP contribution in [0.5, 0.6) is 0 Å². The summed E-state index contributed by atoms with van der Waals surface area (Å²) in [5.41, 5.74) is 2.83. The number of hydrogen-bond donors (Lipinski definition) is 2. The molecule has 0 spiro atoms. The second-order valence-electron chi connectivity index (χ2n) is 9.51. The first-order chi connectivity index (χ1) is 16.0. The van der Waals surface area contributed by atoms with Gasteiger partial charge in [-0.05, 0) is 48.4 Å². The van der Waals surface area contributed by atoms with Crippen LogP contribution >= 0.6 is 0 Å². The SMILES string of the molecule is CC(C)C(c1ccc(Nc2nn([C@H]3CCCC[C@@H]3C)c3cc[nH]c(=O)c23)cc1)n1ccnn1. The van der Waals surface area contributed by atoms with Crippen molar-refractivity contribution in [2.75, 3.05) is 5.32 Å². The zero-order valence-corrected chi connectivity index (χ0v) is 19.4. The maximum Gasteiger partial charge on any atom is 0.261 e. The lowest BCUT2D eigenvalue weighted by Gasteiger charge is -2.29. The van der Waals surface area contributed by atoms with E-state index < -0.39 is 0 Å². The second kappa shape index (κ2) is 8.84. The van der Waals surface area contributed by atoms with E-state index in [0.29, 0.717) is 29.1 Å². The number of aromatic amines is 1. The van der Waals surface area contributed by atoms with Crippen molar-refractivity contribution in [3.8, 4) is 0 Å². The summed E-state index contributed by atoms with van der Waals surface area (Å²) in [6.45, 7) is 6.64. The van der Waals surface area contributed by atoms with Gasteiger partial charge < -0.3 is 10.3 Å². The molecule has 3 heterocycles. The number of aromatic nitrogens is 6. The van der Waals surface area contributed by atoms with Crippen molar-refractivity contribution in [1.29, 1.82) is 0 Å². The molecule has 8 nitrogen and oxygen atoms in total. The van der Waals surface area contributed by atoms with Gasteiger partial charge >= 0.3 is 0 Å². The van der Waals surface area contributed by atoms with Gasteiger partial charge in [0, 0.05) is 18.1 Å². The molecule has 1 aromatic carbocycles. The third-order valence-electron chi connectivity index (χ3n) is 6.88. The van der Waals surface area contributed by atoms with Crippen molar-refractivity contribution >= 4 is 22.4 Å². The number of rotatable bonds is 6. The zero-order valence-electron chi connectivity index (χ0n) is 19.4. The van der Waals surface area contributed by atoms with Crippen LogP contribution in [-0.4, -0.2) is 29.8 Å². The normalized spacial score (nSPS) is 19.8. The molecule has 1 aliphatic carbocycles. The molecule has 4 aromatic rings. The number of nitrogens with one attached hydrogen (secondary N) is 2. The number of fused-ring (bicyclic) bond motifs is 1. The predicted molar refractivity (Wildman–Crippen MR) is 130 cm³/mol. The molecule has 1 unspecified atom stereocenters. The first-order valence-corrected chi connectivity index (χ1v) is 11.9. The molecule has 8 heteroatoms. The van der Waals surface area contributed by atoms with Crippen molar-refractivity contribution in [2.24, 2.45) is 11.8 Å². The van der Waals surface area contributed by atoms with Gasteiger partial charge in [-0.15, -0.1) is 5.10 Å². The summed E-state index contributed by atoms with van der Waals surface area (Å²) in [6, 6.07) is 10.7. The van der Waals surface area contributed by atoms with E-state index >= 15 is 0 Å². The highest BCUT2D eigenvalue weighted by atomic mass is 16.1. The summed E-state index contributed by atoms with van der Waals surface area (Å²) in [7, 11) is 0. The minimum atomic E-state index is -0.118. The lowest BCUT2D eigenvalue weighted by atomic mass is 9.86. The molecule has 172 valence electrons. The minimum Gasteiger partial charge on any atom is -0.338 e. The van der Waals surface area contributed by atoms with E-state index in [1.54, 1.807) is 12.4 Å². The number of benzene rings is 1. The van der Waals surface area contributed by atoms with E-state index in [1.165, 1.54) is 19.3 Å². The van der Waals surface area contributed by atoms with Crippen LogP contribution in [0.25, 0.3) is 10.9 Å². The van der Waals surface area contributed by atoms with Crippen LogP contribution < -0.4 is 10.9 Å². The largest absolute Gasteiger partial charge is 0.338 e. The Balaban J connectivity index is 1.48. The average molecular weight is 446 g/mol. The van der Waals surface area contributed by atoms with E-state index in [2.05, 4.69) is 58.2 Å². The fourth-order valence-electron chi connectivity index (χ4n) is 5.21. The highest BCUT2D eigenvalue weighted by Crippen LogP contribution is 2.36. The Bertz CT molecular complexity index is 1270. The van der Waals surface area contributed by atoms with Gasteiger partial charge in [-0.2, -0.15) is 5.10 Å². The van der Waals surface area contributed by atoms with Crippen LogP contribution in [0.1, 0.15) is 64.1 Å². The van der Waals surface area contributed by atoms with Gasteiger partial charge in [0.05, 0.1) is 23.8 Å². The van der Waals surface area contributed by atoms with Gasteiger partial charge in [-0.1, -0.05) is 51.0 Å². The van der Waals surface area contributed by atoms with Crippen LogP contribution in [0, 0.1) is 11.8 Å². The van der Waals surface area contributed by atoms with Gasteiger partial charge in [0.2, 0.25) is 0 Å². The lowest BCUT2D eigenvalue weighted by molar-refractivity contribution is 0.246. The molecule has 3 atom stereocenters. The summed E-state index contributed by atoms with van der Waals surface area (Å²) < 4.78 is 3.97. The Morgan fingerprint density at radius 2 is 1.91 bits per heavy atom. The fraction of sp³-hybridized carbons (Fsp3) is 0.440. The summed E-state index contributed by atoms with van der Waals surface area (Å²) in [6.07, 6.45) is 10.1. The standard InChI is InChI=1S/C25H31N7O/c1-16(2)23(31-15-14-27-30-31)18-8-10-19(11-9-18)28-24-22-21(12-13-26-25(22)33)32(29-24)20-7-5-4-6-17(20)3/h8-17,20,23H,4-7H2,1-3H3,(H,26,33)(H,28,29)/t17-,20-,23?/m0/s1. The maximum atomic E-state index is 12.8. The summed E-state index contributed by atoms with van der Waals surface area (Å²) in [5, 5.41) is 17.1. The Hall–Kier alpha value is -3.42. The number of anilines is 2. The molecule has 2 N–H and O–H groups in total. The van der Waals surface area contributed by atoms with Gasteiger partial charge in [-0.3, -0.25) is 9.48 Å². The average Bonchev–Trinajstić information content (AvgIpc) is 3.45. The van der Waals surface area contributed by atoms with Crippen LogP contribution in [0.3, 0.4) is 0 Å². The van der Waals surface area contributed by atoms with Crippen LogP contribution in [0.2, 0.25) is 0 Å². The van der Waals surface area contributed by atoms with Crippen LogP contribution in [0.4, 0.5) is 11.5 Å². The van der Waals surface area contributed by atoms with Crippen LogP contribution in [-0.2, 0) is 0 Å². The van der Waals surface area contributed by atoms with Crippen molar-refractivity contribution in [3.63, 3.8) is 0 Å². The summed E-state index contributed by atoms with van der Waals surface area (Å²) >= 11 is 0. The molecular formula is C25H31N7O. The molecule has 5 rings (SSSR count). The molecular weight excluding hydrogens is 414 g/mol. The molecule has 3 aromatic heterocycles. The quantitative estimate of drug-likeness (QED) is 0.433. The van der Waals surface area contributed by atoms with Crippen molar-refractivity contribution < 1.29 is 0 Å². The minimum absolute atomic E-state index is 0.109. The molecule has 0 radical (unpaired) electrons. The smallest absolute Gasteiger partial charge is 0.261 e. The van der Waals surface area contributed by atoms with E-state index in [-0.39, 0.29) is 11.6 Å². The monoisotopic (exact) mass is 445 g/mol. The third kappa shape index (κ3) is 4.05. The lowest BCUT2D eigenvalue weighted by Crippen LogP contribution is -2.22. The number of pyridine rings is 1. The Morgan fingerprint density at radius 3 is 2.61 bits per heavy atom. The first kappa shape index (κ1) is 21.4.